The zero-order valence-electron chi connectivity index (χ0n) is 20.2. The van der Waals surface area contributed by atoms with Gasteiger partial charge >= 0.3 is 0 Å². The Hall–Kier alpha value is -2.30. The molecule has 0 radical (unpaired) electrons. The van der Waals surface area contributed by atoms with Crippen molar-refractivity contribution in [3.63, 3.8) is 0 Å². The van der Waals surface area contributed by atoms with Crippen LogP contribution in [0, 0.1) is 29.6 Å². The average molecular weight is 441 g/mol. The Morgan fingerprint density at radius 1 is 1.09 bits per heavy atom. The van der Waals surface area contributed by atoms with Gasteiger partial charge in [-0.25, -0.2) is 0 Å². The summed E-state index contributed by atoms with van der Waals surface area (Å²) in [6, 6.07) is 7.77. The summed E-state index contributed by atoms with van der Waals surface area (Å²) in [4.78, 5) is 25.1. The lowest BCUT2D eigenvalue weighted by Crippen LogP contribution is -2.39. The standard InChI is InChI=1S/C27H40N2O3/c1-18(2)25-14-22(15-26(30)28-16-20-9-11-24(32-4)12-10-20)19(3)13-23(25)17-29-27(31)21-7-5-6-8-21/h9-13,18,21-23,25H,5-8,14-17H2,1-4H3,(H,28,30)(H,29,31). The van der Waals surface area contributed by atoms with E-state index in [4.69, 9.17) is 4.74 Å². The number of amides is 2. The maximum absolute atomic E-state index is 12.7. The molecule has 3 unspecified atom stereocenters. The maximum Gasteiger partial charge on any atom is 0.223 e. The highest BCUT2D eigenvalue weighted by Crippen LogP contribution is 2.39. The summed E-state index contributed by atoms with van der Waals surface area (Å²) in [5.74, 6) is 2.95. The first-order chi connectivity index (χ1) is 15.4. The SMILES string of the molecule is COc1ccc(CNC(=O)CC2CC(C(C)C)C(CNC(=O)C3CCCC3)C=C2C)cc1. The predicted molar refractivity (Wildman–Crippen MR) is 128 cm³/mol. The van der Waals surface area contributed by atoms with Crippen molar-refractivity contribution in [1.82, 2.24) is 10.6 Å². The number of rotatable bonds is 9. The molecular formula is C27H40N2O3. The molecule has 2 amide bonds. The van der Waals surface area contributed by atoms with E-state index >= 15 is 0 Å². The van der Waals surface area contributed by atoms with E-state index in [2.05, 4.69) is 37.5 Å². The second kappa shape index (κ2) is 11.5. The Balaban J connectivity index is 1.53. The minimum atomic E-state index is 0.0917. The highest BCUT2D eigenvalue weighted by molar-refractivity contribution is 5.79. The molecule has 5 heteroatoms. The second-order valence-electron chi connectivity index (χ2n) is 9.97. The molecule has 0 saturated heterocycles. The van der Waals surface area contributed by atoms with Crippen molar-refractivity contribution in [2.45, 2.75) is 65.8 Å². The largest absolute Gasteiger partial charge is 0.497 e. The van der Waals surface area contributed by atoms with Crippen LogP contribution in [0.1, 0.15) is 64.9 Å². The topological polar surface area (TPSA) is 67.4 Å². The Morgan fingerprint density at radius 3 is 2.41 bits per heavy atom. The lowest BCUT2D eigenvalue weighted by atomic mass is 9.69. The van der Waals surface area contributed by atoms with E-state index in [0.29, 0.717) is 37.3 Å². The number of nitrogens with one attached hydrogen (secondary N) is 2. The fourth-order valence-electron chi connectivity index (χ4n) is 5.30. The summed E-state index contributed by atoms with van der Waals surface area (Å²) in [6.45, 7) is 7.90. The van der Waals surface area contributed by atoms with Gasteiger partial charge in [-0.3, -0.25) is 9.59 Å². The van der Waals surface area contributed by atoms with E-state index in [0.717, 1.165) is 30.6 Å². The van der Waals surface area contributed by atoms with Crippen molar-refractivity contribution >= 4 is 11.8 Å². The molecule has 3 rings (SSSR count). The molecule has 0 aromatic heterocycles. The Labute approximate surface area is 193 Å². The molecule has 1 aromatic carbocycles. The molecule has 1 fully saturated rings. The zero-order chi connectivity index (χ0) is 23.1. The number of carbonyl (C=O) groups is 2. The summed E-state index contributed by atoms with van der Waals surface area (Å²) < 4.78 is 5.18. The van der Waals surface area contributed by atoms with Gasteiger partial charge in [-0.15, -0.1) is 0 Å². The number of methoxy groups -OCH3 is 1. The Bertz CT molecular complexity index is 794. The van der Waals surface area contributed by atoms with Gasteiger partial charge in [-0.2, -0.15) is 0 Å². The molecule has 2 aliphatic rings. The summed E-state index contributed by atoms with van der Waals surface area (Å²) in [6.07, 6.45) is 8.27. The highest BCUT2D eigenvalue weighted by Gasteiger charge is 2.33. The van der Waals surface area contributed by atoms with Gasteiger partial charge in [0.1, 0.15) is 5.75 Å². The van der Waals surface area contributed by atoms with Gasteiger partial charge in [0.05, 0.1) is 7.11 Å². The lowest BCUT2D eigenvalue weighted by Gasteiger charge is -2.37. The van der Waals surface area contributed by atoms with Gasteiger partial charge in [0, 0.05) is 25.4 Å². The van der Waals surface area contributed by atoms with Crippen LogP contribution in [0.25, 0.3) is 0 Å². The molecule has 1 aromatic rings. The van der Waals surface area contributed by atoms with E-state index in [-0.39, 0.29) is 23.7 Å². The van der Waals surface area contributed by atoms with Crippen molar-refractivity contribution in [1.29, 1.82) is 0 Å². The van der Waals surface area contributed by atoms with Crippen LogP contribution in [-0.4, -0.2) is 25.5 Å². The normalized spacial score (nSPS) is 23.7. The van der Waals surface area contributed by atoms with Crippen molar-refractivity contribution in [3.8, 4) is 5.75 Å². The number of allylic oxidation sites excluding steroid dienone is 1. The number of carbonyl (C=O) groups excluding carboxylic acids is 2. The monoisotopic (exact) mass is 440 g/mol. The summed E-state index contributed by atoms with van der Waals surface area (Å²) in [5, 5.41) is 6.30. The molecular weight excluding hydrogens is 400 g/mol. The molecule has 0 bridgehead atoms. The lowest BCUT2D eigenvalue weighted by molar-refractivity contribution is -0.125. The average Bonchev–Trinajstić information content (AvgIpc) is 3.33. The van der Waals surface area contributed by atoms with Gasteiger partial charge in [-0.1, -0.05) is 50.5 Å². The third kappa shape index (κ3) is 6.60. The fraction of sp³-hybridized carbons (Fsp3) is 0.630. The van der Waals surface area contributed by atoms with E-state index < -0.39 is 0 Å². The van der Waals surface area contributed by atoms with Gasteiger partial charge < -0.3 is 15.4 Å². The Kier molecular flexibility index (Phi) is 8.77. The second-order valence-corrected chi connectivity index (χ2v) is 9.97. The van der Waals surface area contributed by atoms with Crippen molar-refractivity contribution in [3.05, 3.63) is 41.5 Å². The first kappa shape index (κ1) is 24.3. The van der Waals surface area contributed by atoms with E-state index in [1.807, 2.05) is 24.3 Å². The molecule has 0 aliphatic heterocycles. The van der Waals surface area contributed by atoms with Crippen molar-refractivity contribution < 1.29 is 14.3 Å². The van der Waals surface area contributed by atoms with Crippen LogP contribution in [0.4, 0.5) is 0 Å². The smallest absolute Gasteiger partial charge is 0.223 e. The molecule has 32 heavy (non-hydrogen) atoms. The van der Waals surface area contributed by atoms with E-state index in [9.17, 15) is 9.59 Å². The van der Waals surface area contributed by atoms with E-state index in [1.54, 1.807) is 7.11 Å². The minimum absolute atomic E-state index is 0.0917. The van der Waals surface area contributed by atoms with Crippen LogP contribution < -0.4 is 15.4 Å². The molecule has 2 aliphatic carbocycles. The van der Waals surface area contributed by atoms with Crippen molar-refractivity contribution in [2.24, 2.45) is 29.6 Å². The minimum Gasteiger partial charge on any atom is -0.497 e. The van der Waals surface area contributed by atoms with Crippen LogP contribution in [0.5, 0.6) is 5.75 Å². The molecule has 0 heterocycles. The van der Waals surface area contributed by atoms with Gasteiger partial charge in [-0.05, 0) is 67.6 Å². The fourth-order valence-corrected chi connectivity index (χ4v) is 5.30. The van der Waals surface area contributed by atoms with Crippen LogP contribution >= 0.6 is 0 Å². The summed E-state index contributed by atoms with van der Waals surface area (Å²) >= 11 is 0. The molecule has 3 atom stereocenters. The van der Waals surface area contributed by atoms with E-state index in [1.165, 1.54) is 18.4 Å². The number of benzene rings is 1. The molecule has 1 saturated carbocycles. The highest BCUT2D eigenvalue weighted by atomic mass is 16.5. The third-order valence-electron chi connectivity index (χ3n) is 7.40. The predicted octanol–water partition coefficient (Wildman–Crippen LogP) is 4.86. The number of ether oxygens (including phenoxy) is 1. The van der Waals surface area contributed by atoms with Gasteiger partial charge in [0.25, 0.3) is 0 Å². The molecule has 0 spiro atoms. The van der Waals surface area contributed by atoms with Gasteiger partial charge in [0.2, 0.25) is 11.8 Å². The molecule has 2 N–H and O–H groups in total. The molecule has 176 valence electrons. The zero-order valence-corrected chi connectivity index (χ0v) is 20.2. The first-order valence-electron chi connectivity index (χ1n) is 12.2. The van der Waals surface area contributed by atoms with Crippen LogP contribution in [0.2, 0.25) is 0 Å². The van der Waals surface area contributed by atoms with Crippen LogP contribution in [0.15, 0.2) is 35.9 Å². The first-order valence-corrected chi connectivity index (χ1v) is 12.2. The number of hydrogen-bond acceptors (Lipinski definition) is 3. The van der Waals surface area contributed by atoms with Crippen molar-refractivity contribution in [2.75, 3.05) is 13.7 Å². The van der Waals surface area contributed by atoms with Gasteiger partial charge in [0.15, 0.2) is 0 Å². The quantitative estimate of drug-likeness (QED) is 0.539. The molecule has 5 nitrogen and oxygen atoms in total. The number of hydrogen-bond donors (Lipinski definition) is 2. The maximum atomic E-state index is 12.7. The third-order valence-corrected chi connectivity index (χ3v) is 7.40. The summed E-state index contributed by atoms with van der Waals surface area (Å²) in [7, 11) is 1.65. The summed E-state index contributed by atoms with van der Waals surface area (Å²) in [5.41, 5.74) is 2.34. The van der Waals surface area contributed by atoms with Crippen LogP contribution in [0.3, 0.4) is 0 Å². The Morgan fingerprint density at radius 2 is 1.78 bits per heavy atom. The van der Waals surface area contributed by atoms with Crippen LogP contribution in [-0.2, 0) is 16.1 Å².